The van der Waals surface area contributed by atoms with Gasteiger partial charge in [-0.1, -0.05) is 30.3 Å². The van der Waals surface area contributed by atoms with Crippen molar-refractivity contribution in [3.63, 3.8) is 0 Å². The summed E-state index contributed by atoms with van der Waals surface area (Å²) in [7, 11) is 4.46. The van der Waals surface area contributed by atoms with Crippen LogP contribution in [0.2, 0.25) is 0 Å². The number of carbonyl (C=O) groups is 1. The molecule has 0 bridgehead atoms. The van der Waals surface area contributed by atoms with Crippen molar-refractivity contribution in [1.29, 1.82) is 0 Å². The van der Waals surface area contributed by atoms with E-state index in [9.17, 15) is 4.79 Å². The number of hydrazone groups is 1. The smallest absolute Gasteiger partial charge is 0.270 e. The second-order valence-corrected chi connectivity index (χ2v) is 6.04. The molecule has 0 fully saturated rings. The number of hydrogen-bond acceptors (Lipinski definition) is 8. The highest BCUT2D eigenvalue weighted by molar-refractivity contribution is 6.01. The number of amides is 1. The summed E-state index contributed by atoms with van der Waals surface area (Å²) in [6.07, 6.45) is 1.63. The Morgan fingerprint density at radius 2 is 1.70 bits per heavy atom. The minimum atomic E-state index is -0.424. The predicted octanol–water partition coefficient (Wildman–Crippen LogP) is 2.44. The highest BCUT2D eigenvalue weighted by Gasteiger charge is 2.19. The fraction of sp³-hybridized carbons (Fsp3) is 0.200. The number of anilines is 1. The molecule has 0 aliphatic heterocycles. The third-order valence-corrected chi connectivity index (χ3v) is 4.14. The van der Waals surface area contributed by atoms with Gasteiger partial charge in [0.25, 0.3) is 11.9 Å². The van der Waals surface area contributed by atoms with Gasteiger partial charge in [0.1, 0.15) is 0 Å². The maximum absolute atomic E-state index is 12.8. The van der Waals surface area contributed by atoms with Crippen LogP contribution in [0, 0.1) is 6.92 Å². The lowest BCUT2D eigenvalue weighted by atomic mass is 10.1. The molecule has 0 saturated heterocycles. The van der Waals surface area contributed by atoms with E-state index in [0.717, 1.165) is 5.56 Å². The fourth-order valence-corrected chi connectivity index (χ4v) is 2.65. The third-order valence-electron chi connectivity index (χ3n) is 4.14. The number of carbonyl (C=O) groups excluding carboxylic acids is 1. The standard InChI is InChI=1S/C20H22N6O4/c1-13-22-24-20(23-21-12-14-8-6-5-7-9-14)26(13)25-19(27)15-10-16(28-2)18(30-4)17(11-15)29-3/h5-12H,1-4H3,(H,23,24)(H,25,27)/b21-12+. The van der Waals surface area contributed by atoms with Crippen LogP contribution in [0.4, 0.5) is 5.95 Å². The van der Waals surface area contributed by atoms with Gasteiger partial charge in [0.05, 0.1) is 27.5 Å². The molecule has 1 heterocycles. The van der Waals surface area contributed by atoms with Gasteiger partial charge in [0, 0.05) is 5.56 Å². The van der Waals surface area contributed by atoms with Gasteiger partial charge in [-0.15, -0.1) is 10.2 Å². The summed E-state index contributed by atoms with van der Waals surface area (Å²) in [5.41, 5.74) is 6.72. The number of ether oxygens (including phenoxy) is 3. The first kappa shape index (κ1) is 20.6. The summed E-state index contributed by atoms with van der Waals surface area (Å²) >= 11 is 0. The maximum atomic E-state index is 12.8. The number of rotatable bonds is 8. The first-order valence-electron chi connectivity index (χ1n) is 8.95. The molecule has 156 valence electrons. The van der Waals surface area contributed by atoms with Crippen LogP contribution in [0.5, 0.6) is 17.2 Å². The summed E-state index contributed by atoms with van der Waals surface area (Å²) in [6.45, 7) is 1.70. The van der Waals surface area contributed by atoms with Crippen molar-refractivity contribution < 1.29 is 19.0 Å². The number of aromatic nitrogens is 3. The number of methoxy groups -OCH3 is 3. The zero-order valence-corrected chi connectivity index (χ0v) is 17.0. The molecule has 1 aromatic heterocycles. The van der Waals surface area contributed by atoms with Gasteiger partial charge in [-0.05, 0) is 24.6 Å². The molecule has 0 aliphatic carbocycles. The van der Waals surface area contributed by atoms with Crippen molar-refractivity contribution >= 4 is 18.1 Å². The van der Waals surface area contributed by atoms with Crippen LogP contribution in [0.3, 0.4) is 0 Å². The minimum absolute atomic E-state index is 0.250. The van der Waals surface area contributed by atoms with Crippen molar-refractivity contribution in [2.24, 2.45) is 5.10 Å². The molecule has 0 saturated carbocycles. The van der Waals surface area contributed by atoms with Crippen LogP contribution in [0.25, 0.3) is 0 Å². The van der Waals surface area contributed by atoms with Gasteiger partial charge in [0.2, 0.25) is 5.75 Å². The molecule has 0 spiro atoms. The summed E-state index contributed by atoms with van der Waals surface area (Å²) < 4.78 is 17.3. The van der Waals surface area contributed by atoms with Gasteiger partial charge in [-0.2, -0.15) is 5.10 Å². The van der Waals surface area contributed by atoms with E-state index in [1.807, 2.05) is 30.3 Å². The number of nitrogens with one attached hydrogen (secondary N) is 2. The van der Waals surface area contributed by atoms with Crippen molar-refractivity contribution in [3.8, 4) is 17.2 Å². The van der Waals surface area contributed by atoms with Crippen LogP contribution in [0.15, 0.2) is 47.6 Å². The van der Waals surface area contributed by atoms with E-state index in [2.05, 4.69) is 26.2 Å². The fourth-order valence-electron chi connectivity index (χ4n) is 2.65. The van der Waals surface area contributed by atoms with Gasteiger partial charge in [0.15, 0.2) is 17.3 Å². The summed E-state index contributed by atoms with van der Waals surface area (Å²) in [4.78, 5) is 12.8. The predicted molar refractivity (Wildman–Crippen MR) is 112 cm³/mol. The van der Waals surface area contributed by atoms with E-state index in [1.54, 1.807) is 25.3 Å². The monoisotopic (exact) mass is 410 g/mol. The molecule has 0 aliphatic rings. The average Bonchev–Trinajstić information content (AvgIpc) is 3.12. The zero-order chi connectivity index (χ0) is 21.5. The van der Waals surface area contributed by atoms with E-state index < -0.39 is 5.91 Å². The Balaban J connectivity index is 1.81. The lowest BCUT2D eigenvalue weighted by Crippen LogP contribution is -2.25. The molecular formula is C20H22N6O4. The zero-order valence-electron chi connectivity index (χ0n) is 17.0. The van der Waals surface area contributed by atoms with Crippen molar-refractivity contribution in [2.45, 2.75) is 6.92 Å². The Hall–Kier alpha value is -4.08. The van der Waals surface area contributed by atoms with Crippen molar-refractivity contribution in [3.05, 3.63) is 59.4 Å². The number of nitrogens with zero attached hydrogens (tertiary/aromatic N) is 4. The third kappa shape index (κ3) is 4.49. The van der Waals surface area contributed by atoms with Gasteiger partial charge in [-0.25, -0.2) is 10.1 Å². The first-order chi connectivity index (χ1) is 14.6. The first-order valence-corrected chi connectivity index (χ1v) is 8.95. The second kappa shape index (κ2) is 9.41. The number of hydrogen-bond donors (Lipinski definition) is 2. The van der Waals surface area contributed by atoms with Gasteiger partial charge < -0.3 is 14.2 Å². The van der Waals surface area contributed by atoms with E-state index in [0.29, 0.717) is 28.6 Å². The molecular weight excluding hydrogens is 388 g/mol. The van der Waals surface area contributed by atoms with Crippen LogP contribution in [-0.2, 0) is 0 Å². The molecule has 2 aromatic carbocycles. The molecule has 3 aromatic rings. The largest absolute Gasteiger partial charge is 0.493 e. The lowest BCUT2D eigenvalue weighted by molar-refractivity contribution is 0.101. The Morgan fingerprint density at radius 3 is 2.30 bits per heavy atom. The Kier molecular flexibility index (Phi) is 6.48. The molecule has 0 atom stereocenters. The molecule has 1 amide bonds. The van der Waals surface area contributed by atoms with Gasteiger partial charge in [-0.3, -0.25) is 10.2 Å². The second-order valence-electron chi connectivity index (χ2n) is 6.04. The van der Waals surface area contributed by atoms with E-state index in [4.69, 9.17) is 14.2 Å². The van der Waals surface area contributed by atoms with E-state index in [1.165, 1.54) is 26.0 Å². The Labute approximate surface area is 173 Å². The topological polar surface area (TPSA) is 112 Å². The van der Waals surface area contributed by atoms with Crippen molar-refractivity contribution in [2.75, 3.05) is 32.2 Å². The van der Waals surface area contributed by atoms with Crippen molar-refractivity contribution in [1.82, 2.24) is 14.9 Å². The molecule has 10 heteroatoms. The highest BCUT2D eigenvalue weighted by atomic mass is 16.5. The quantitative estimate of drug-likeness (QED) is 0.433. The van der Waals surface area contributed by atoms with E-state index >= 15 is 0 Å². The van der Waals surface area contributed by atoms with Crippen LogP contribution < -0.4 is 25.1 Å². The van der Waals surface area contributed by atoms with Crippen LogP contribution >= 0.6 is 0 Å². The minimum Gasteiger partial charge on any atom is -0.493 e. The van der Waals surface area contributed by atoms with E-state index in [-0.39, 0.29) is 5.95 Å². The normalized spacial score (nSPS) is 10.7. The molecule has 0 unspecified atom stereocenters. The molecule has 0 radical (unpaired) electrons. The molecule has 10 nitrogen and oxygen atoms in total. The van der Waals surface area contributed by atoms with Crippen LogP contribution in [-0.4, -0.2) is 48.3 Å². The highest BCUT2D eigenvalue weighted by Crippen LogP contribution is 2.38. The summed E-state index contributed by atoms with van der Waals surface area (Å²) in [5, 5.41) is 12.1. The lowest BCUT2D eigenvalue weighted by Gasteiger charge is -2.15. The average molecular weight is 410 g/mol. The Morgan fingerprint density at radius 1 is 1.03 bits per heavy atom. The van der Waals surface area contributed by atoms with Crippen LogP contribution in [0.1, 0.15) is 21.7 Å². The number of benzene rings is 2. The maximum Gasteiger partial charge on any atom is 0.270 e. The summed E-state index contributed by atoms with van der Waals surface area (Å²) in [6, 6.07) is 12.7. The molecule has 30 heavy (non-hydrogen) atoms. The SMILES string of the molecule is COc1cc(C(=O)Nn2c(C)nnc2N/N=C/c2ccccc2)cc(OC)c1OC. The summed E-state index contributed by atoms with van der Waals surface area (Å²) in [5.74, 6) is 1.43. The molecule has 3 rings (SSSR count). The Bertz CT molecular complexity index is 1020. The number of aryl methyl sites for hydroxylation is 1. The van der Waals surface area contributed by atoms with Gasteiger partial charge >= 0.3 is 0 Å². The molecule has 2 N–H and O–H groups in total.